The van der Waals surface area contributed by atoms with Crippen LogP contribution in [0.4, 0.5) is 5.69 Å². The average Bonchev–Trinajstić information content (AvgIpc) is 2.77. The predicted molar refractivity (Wildman–Crippen MR) is 65.5 cm³/mol. The number of hydrogen-bond donors (Lipinski definition) is 1. The smallest absolute Gasteiger partial charge is 0.0676 e. The highest BCUT2D eigenvalue weighted by molar-refractivity contribution is 5.47. The van der Waals surface area contributed by atoms with E-state index in [0.29, 0.717) is 5.92 Å². The number of nitrogens with zero attached hydrogens (tertiary/aromatic N) is 2. The van der Waals surface area contributed by atoms with Crippen molar-refractivity contribution in [3.63, 3.8) is 0 Å². The minimum atomic E-state index is 0.116. The zero-order chi connectivity index (χ0) is 11.5. The fourth-order valence-corrected chi connectivity index (χ4v) is 2.18. The Bertz CT molecular complexity index is 389. The Balaban J connectivity index is 2.19. The van der Waals surface area contributed by atoms with Gasteiger partial charge < -0.3 is 10.2 Å². The van der Waals surface area contributed by atoms with Crippen LogP contribution in [0.3, 0.4) is 0 Å². The summed E-state index contributed by atoms with van der Waals surface area (Å²) in [7, 11) is 4.06. The van der Waals surface area contributed by atoms with Gasteiger partial charge in [-0.3, -0.25) is 0 Å². The van der Waals surface area contributed by atoms with Crippen LogP contribution in [0.25, 0.3) is 0 Å². The molecule has 84 valence electrons. The highest BCUT2D eigenvalue weighted by Crippen LogP contribution is 2.28. The van der Waals surface area contributed by atoms with Gasteiger partial charge in [0.15, 0.2) is 0 Å². The lowest BCUT2D eigenvalue weighted by Gasteiger charge is -2.16. The van der Waals surface area contributed by atoms with E-state index in [-0.39, 0.29) is 5.92 Å². The molecule has 0 bridgehead atoms. The van der Waals surface area contributed by atoms with Crippen molar-refractivity contribution < 1.29 is 0 Å². The van der Waals surface area contributed by atoms with E-state index in [1.807, 2.05) is 14.1 Å². The lowest BCUT2D eigenvalue weighted by Crippen LogP contribution is -2.11. The monoisotopic (exact) mass is 215 g/mol. The summed E-state index contributed by atoms with van der Waals surface area (Å²) in [5.41, 5.74) is 2.46. The summed E-state index contributed by atoms with van der Waals surface area (Å²) < 4.78 is 0. The van der Waals surface area contributed by atoms with Crippen molar-refractivity contribution in [3.05, 3.63) is 29.8 Å². The van der Waals surface area contributed by atoms with E-state index in [4.69, 9.17) is 5.26 Å². The van der Waals surface area contributed by atoms with Crippen molar-refractivity contribution in [1.29, 1.82) is 5.26 Å². The van der Waals surface area contributed by atoms with Crippen molar-refractivity contribution in [1.82, 2.24) is 5.32 Å². The topological polar surface area (TPSA) is 39.1 Å². The van der Waals surface area contributed by atoms with Crippen LogP contribution < -0.4 is 10.2 Å². The lowest BCUT2D eigenvalue weighted by molar-refractivity contribution is 0.646. The highest BCUT2D eigenvalue weighted by atomic mass is 15.1. The van der Waals surface area contributed by atoms with E-state index >= 15 is 0 Å². The van der Waals surface area contributed by atoms with Gasteiger partial charge >= 0.3 is 0 Å². The van der Waals surface area contributed by atoms with Gasteiger partial charge in [0.1, 0.15) is 0 Å². The molecule has 2 rings (SSSR count). The van der Waals surface area contributed by atoms with Crippen molar-refractivity contribution >= 4 is 5.69 Å². The fourth-order valence-electron chi connectivity index (χ4n) is 2.18. The zero-order valence-corrected chi connectivity index (χ0v) is 9.77. The predicted octanol–water partition coefficient (Wildman–Crippen LogP) is 1.58. The van der Waals surface area contributed by atoms with Crippen LogP contribution in [0.2, 0.25) is 0 Å². The third-order valence-corrected chi connectivity index (χ3v) is 3.22. The fraction of sp³-hybridized carbons (Fsp3) is 0.462. The molecule has 0 aromatic heterocycles. The standard InChI is InChI=1S/C13H17N3/c1-16(2)12-5-3-10(4-6-12)13-9-15-8-11(13)7-14/h3-6,11,13,15H,8-9H2,1-2H3/t11-,13+/m0/s1. The molecule has 0 radical (unpaired) electrons. The molecule has 1 aliphatic rings. The summed E-state index contributed by atoms with van der Waals surface area (Å²) in [6, 6.07) is 10.9. The third kappa shape index (κ3) is 2.02. The molecule has 0 unspecified atom stereocenters. The number of hydrogen-bond acceptors (Lipinski definition) is 3. The van der Waals surface area contributed by atoms with Gasteiger partial charge in [-0.15, -0.1) is 0 Å². The molecule has 1 aromatic carbocycles. The summed E-state index contributed by atoms with van der Waals surface area (Å²) in [4.78, 5) is 2.08. The number of rotatable bonds is 2. The molecule has 1 heterocycles. The first-order valence-electron chi connectivity index (χ1n) is 5.60. The van der Waals surface area contributed by atoms with Crippen molar-refractivity contribution in [3.8, 4) is 6.07 Å². The lowest BCUT2D eigenvalue weighted by atomic mass is 9.90. The van der Waals surface area contributed by atoms with Crippen molar-refractivity contribution in [2.75, 3.05) is 32.1 Å². The normalized spacial score (nSPS) is 24.1. The minimum Gasteiger partial charge on any atom is -0.378 e. The summed E-state index contributed by atoms with van der Waals surface area (Å²) in [5.74, 6) is 0.464. The molecule has 0 amide bonds. The van der Waals surface area contributed by atoms with E-state index in [2.05, 4.69) is 40.6 Å². The Labute approximate surface area is 96.7 Å². The quantitative estimate of drug-likeness (QED) is 0.814. The second-order valence-corrected chi connectivity index (χ2v) is 4.49. The Morgan fingerprint density at radius 2 is 1.94 bits per heavy atom. The Hall–Kier alpha value is -1.53. The number of benzene rings is 1. The molecule has 1 fully saturated rings. The van der Waals surface area contributed by atoms with Gasteiger partial charge in [0.25, 0.3) is 0 Å². The van der Waals surface area contributed by atoms with Gasteiger partial charge in [0.2, 0.25) is 0 Å². The van der Waals surface area contributed by atoms with Gasteiger partial charge in [-0.05, 0) is 17.7 Å². The Morgan fingerprint density at radius 3 is 2.50 bits per heavy atom. The largest absolute Gasteiger partial charge is 0.378 e. The molecule has 1 aromatic rings. The van der Waals surface area contributed by atoms with Gasteiger partial charge in [-0.2, -0.15) is 5.26 Å². The first-order valence-corrected chi connectivity index (χ1v) is 5.60. The molecular formula is C13H17N3. The first-order chi connectivity index (χ1) is 7.72. The number of anilines is 1. The van der Waals surface area contributed by atoms with Gasteiger partial charge in [0.05, 0.1) is 12.0 Å². The van der Waals surface area contributed by atoms with E-state index in [0.717, 1.165) is 13.1 Å². The molecule has 3 nitrogen and oxygen atoms in total. The molecule has 1 saturated heterocycles. The van der Waals surface area contributed by atoms with Crippen molar-refractivity contribution in [2.45, 2.75) is 5.92 Å². The van der Waals surface area contributed by atoms with Crippen molar-refractivity contribution in [2.24, 2.45) is 5.92 Å². The molecule has 1 N–H and O–H groups in total. The summed E-state index contributed by atoms with van der Waals surface area (Å²) in [6.45, 7) is 1.73. The van der Waals surface area contributed by atoms with Crippen LogP contribution in [0.15, 0.2) is 24.3 Å². The molecule has 3 heteroatoms. The molecule has 2 atom stereocenters. The van der Waals surface area contributed by atoms with E-state index < -0.39 is 0 Å². The van der Waals surface area contributed by atoms with Gasteiger partial charge in [0, 0.05) is 38.8 Å². The SMILES string of the molecule is CN(C)c1ccc([C@H]2CNC[C@@H]2C#N)cc1. The van der Waals surface area contributed by atoms with Crippen LogP contribution in [-0.4, -0.2) is 27.2 Å². The molecule has 0 spiro atoms. The molecular weight excluding hydrogens is 198 g/mol. The second-order valence-electron chi connectivity index (χ2n) is 4.49. The van der Waals surface area contributed by atoms with Gasteiger partial charge in [-0.25, -0.2) is 0 Å². The maximum Gasteiger partial charge on any atom is 0.0676 e. The van der Waals surface area contributed by atoms with Crippen LogP contribution in [-0.2, 0) is 0 Å². The molecule has 0 saturated carbocycles. The molecule has 1 aliphatic heterocycles. The van der Waals surface area contributed by atoms with Crippen LogP contribution >= 0.6 is 0 Å². The summed E-state index contributed by atoms with van der Waals surface area (Å²) in [6.07, 6.45) is 0. The number of nitriles is 1. The summed E-state index contributed by atoms with van der Waals surface area (Å²) in [5, 5.41) is 12.3. The third-order valence-electron chi connectivity index (χ3n) is 3.22. The Kier molecular flexibility index (Phi) is 3.12. The zero-order valence-electron chi connectivity index (χ0n) is 9.77. The van der Waals surface area contributed by atoms with Crippen LogP contribution in [0.5, 0.6) is 0 Å². The maximum absolute atomic E-state index is 9.04. The van der Waals surface area contributed by atoms with E-state index in [1.165, 1.54) is 11.3 Å². The maximum atomic E-state index is 9.04. The number of nitrogens with one attached hydrogen (secondary N) is 1. The van der Waals surface area contributed by atoms with E-state index in [1.54, 1.807) is 0 Å². The van der Waals surface area contributed by atoms with Crippen LogP contribution in [0, 0.1) is 17.2 Å². The molecule has 0 aliphatic carbocycles. The minimum absolute atomic E-state index is 0.116. The first kappa shape index (κ1) is 11.0. The summed E-state index contributed by atoms with van der Waals surface area (Å²) >= 11 is 0. The second kappa shape index (κ2) is 4.54. The highest BCUT2D eigenvalue weighted by Gasteiger charge is 2.27. The average molecular weight is 215 g/mol. The van der Waals surface area contributed by atoms with E-state index in [9.17, 15) is 0 Å². The molecule has 16 heavy (non-hydrogen) atoms. The Morgan fingerprint density at radius 1 is 1.25 bits per heavy atom. The van der Waals surface area contributed by atoms with Gasteiger partial charge in [-0.1, -0.05) is 12.1 Å². The van der Waals surface area contributed by atoms with Crippen LogP contribution in [0.1, 0.15) is 11.5 Å².